The monoisotopic (exact) mass is 367 g/mol. The van der Waals surface area contributed by atoms with Crippen molar-refractivity contribution in [2.45, 2.75) is 38.5 Å². The van der Waals surface area contributed by atoms with Gasteiger partial charge in [-0.05, 0) is 38.0 Å². The Morgan fingerprint density at radius 1 is 1.38 bits per heavy atom. The Bertz CT molecular complexity index is 701. The van der Waals surface area contributed by atoms with Crippen molar-refractivity contribution in [3.8, 4) is 0 Å². The van der Waals surface area contributed by atoms with E-state index in [-0.39, 0.29) is 19.0 Å². The van der Waals surface area contributed by atoms with Crippen molar-refractivity contribution in [1.29, 1.82) is 0 Å². The summed E-state index contributed by atoms with van der Waals surface area (Å²) in [4.78, 5) is 26.1. The molecule has 0 aromatic heterocycles. The topological polar surface area (TPSA) is 61.9 Å². The Balaban J connectivity index is 1.68. The Kier molecular flexibility index (Phi) is 5.02. The maximum absolute atomic E-state index is 14.6. The van der Waals surface area contributed by atoms with E-state index >= 15 is 0 Å². The zero-order chi connectivity index (χ0) is 18.9. The molecule has 2 aliphatic heterocycles. The maximum atomic E-state index is 14.6. The molecule has 2 amide bonds. The molecule has 1 unspecified atom stereocenters. The van der Waals surface area contributed by atoms with Gasteiger partial charge in [0.25, 0.3) is 0 Å². The van der Waals surface area contributed by atoms with Crippen LogP contribution in [0.15, 0.2) is 18.2 Å². The number of amides is 2. The summed E-state index contributed by atoms with van der Waals surface area (Å²) < 4.78 is 33.7. The van der Waals surface area contributed by atoms with Crippen LogP contribution in [0.25, 0.3) is 0 Å². The van der Waals surface area contributed by atoms with Crippen LogP contribution in [0.1, 0.15) is 26.7 Å². The number of nitrogens with one attached hydrogen (secondary N) is 1. The molecule has 1 N–H and O–H groups in total. The van der Waals surface area contributed by atoms with Crippen molar-refractivity contribution in [2.75, 3.05) is 36.0 Å². The van der Waals surface area contributed by atoms with Crippen LogP contribution >= 0.6 is 0 Å². The lowest BCUT2D eigenvalue weighted by molar-refractivity contribution is -0.119. The molecule has 0 saturated carbocycles. The highest BCUT2D eigenvalue weighted by Gasteiger charge is 2.34. The molecular weight excluding hydrogens is 344 g/mol. The van der Waals surface area contributed by atoms with Gasteiger partial charge in [0.05, 0.1) is 24.5 Å². The molecule has 0 spiro atoms. The van der Waals surface area contributed by atoms with Crippen molar-refractivity contribution < 1.29 is 23.1 Å². The first-order valence-electron chi connectivity index (χ1n) is 8.71. The number of piperidine rings is 1. The molecule has 8 heteroatoms. The second-order valence-corrected chi connectivity index (χ2v) is 7.09. The second kappa shape index (κ2) is 7.09. The summed E-state index contributed by atoms with van der Waals surface area (Å²) in [6.07, 6.45) is -0.327. The molecule has 2 heterocycles. The molecule has 0 aliphatic carbocycles. The third kappa shape index (κ3) is 4.05. The molecule has 3 rings (SSSR count). The van der Waals surface area contributed by atoms with Gasteiger partial charge in [-0.2, -0.15) is 0 Å². The molecule has 2 aliphatic rings. The number of ether oxygens (including phenoxy) is 1. The minimum absolute atomic E-state index is 0.208. The highest BCUT2D eigenvalue weighted by Crippen LogP contribution is 2.32. The Hall–Kier alpha value is -2.38. The van der Waals surface area contributed by atoms with Gasteiger partial charge >= 0.3 is 6.09 Å². The first-order chi connectivity index (χ1) is 12.2. The number of hydrogen-bond acceptors (Lipinski definition) is 4. The number of carbonyl (C=O) groups is 2. The summed E-state index contributed by atoms with van der Waals surface area (Å²) in [7, 11) is 0. The van der Waals surface area contributed by atoms with Crippen molar-refractivity contribution in [2.24, 2.45) is 0 Å². The van der Waals surface area contributed by atoms with Crippen LogP contribution in [0.3, 0.4) is 0 Å². The number of nitrogens with zero attached hydrogens (tertiary/aromatic N) is 2. The molecule has 2 fully saturated rings. The molecule has 142 valence electrons. The van der Waals surface area contributed by atoms with Gasteiger partial charge in [-0.15, -0.1) is 0 Å². The lowest BCUT2D eigenvalue weighted by Crippen LogP contribution is -2.40. The molecule has 26 heavy (non-hydrogen) atoms. The summed E-state index contributed by atoms with van der Waals surface area (Å²) in [6.45, 7) is 4.31. The van der Waals surface area contributed by atoms with Gasteiger partial charge in [0.15, 0.2) is 0 Å². The van der Waals surface area contributed by atoms with E-state index in [0.717, 1.165) is 0 Å². The fourth-order valence-electron chi connectivity index (χ4n) is 3.23. The van der Waals surface area contributed by atoms with E-state index in [0.29, 0.717) is 37.3 Å². The Labute approximate surface area is 151 Å². The van der Waals surface area contributed by atoms with Gasteiger partial charge in [-0.3, -0.25) is 9.69 Å². The predicted octanol–water partition coefficient (Wildman–Crippen LogP) is 2.62. The number of cyclic esters (lactones) is 1. The number of anilines is 2. The smallest absolute Gasteiger partial charge is 0.414 e. The lowest BCUT2D eigenvalue weighted by atomic mass is 9.95. The van der Waals surface area contributed by atoms with Gasteiger partial charge in [-0.1, -0.05) is 0 Å². The zero-order valence-electron chi connectivity index (χ0n) is 14.9. The van der Waals surface area contributed by atoms with E-state index < -0.39 is 23.7 Å². The Morgan fingerprint density at radius 2 is 2.08 bits per heavy atom. The van der Waals surface area contributed by atoms with Gasteiger partial charge in [0.2, 0.25) is 5.91 Å². The molecular formula is C18H23F2N3O3. The van der Waals surface area contributed by atoms with Crippen molar-refractivity contribution in [1.82, 2.24) is 5.32 Å². The first-order valence-corrected chi connectivity index (χ1v) is 8.71. The van der Waals surface area contributed by atoms with E-state index in [1.54, 1.807) is 19.1 Å². The third-order valence-corrected chi connectivity index (χ3v) is 4.84. The second-order valence-electron chi connectivity index (χ2n) is 7.09. The summed E-state index contributed by atoms with van der Waals surface area (Å²) in [6, 6.07) is 4.56. The highest BCUT2D eigenvalue weighted by molar-refractivity contribution is 5.90. The summed E-state index contributed by atoms with van der Waals surface area (Å²) >= 11 is 0. The molecule has 0 bridgehead atoms. The molecule has 6 nitrogen and oxygen atoms in total. The Morgan fingerprint density at radius 3 is 2.69 bits per heavy atom. The third-order valence-electron chi connectivity index (χ3n) is 4.84. The first kappa shape index (κ1) is 18.4. The number of rotatable bonds is 4. The largest absolute Gasteiger partial charge is 0.442 e. The number of benzene rings is 1. The van der Waals surface area contributed by atoms with Crippen LogP contribution in [-0.4, -0.2) is 50.0 Å². The van der Waals surface area contributed by atoms with Crippen LogP contribution in [-0.2, 0) is 9.53 Å². The summed E-state index contributed by atoms with van der Waals surface area (Å²) in [5.41, 5.74) is -0.393. The quantitative estimate of drug-likeness (QED) is 0.889. The van der Waals surface area contributed by atoms with Crippen molar-refractivity contribution in [3.63, 3.8) is 0 Å². The molecule has 1 aromatic rings. The molecule has 2 saturated heterocycles. The lowest BCUT2D eigenvalue weighted by Gasteiger charge is -2.35. The molecule has 0 radical (unpaired) electrons. The highest BCUT2D eigenvalue weighted by atomic mass is 19.1. The van der Waals surface area contributed by atoms with Crippen LogP contribution < -0.4 is 15.1 Å². The number of carbonyl (C=O) groups excluding carboxylic acids is 2. The summed E-state index contributed by atoms with van der Waals surface area (Å²) in [5, 5.41) is 2.60. The molecule has 1 atom stereocenters. The number of hydrogen-bond donors (Lipinski definition) is 1. The fraction of sp³-hybridized carbons (Fsp3) is 0.556. The number of halogens is 2. The van der Waals surface area contributed by atoms with Crippen LogP contribution in [0.5, 0.6) is 0 Å². The SMILES string of the molecule is CC(=O)NCC1CN(c2ccc(N3CCC(C)(F)CC3)c(F)c2)C(=O)O1. The zero-order valence-corrected chi connectivity index (χ0v) is 14.9. The minimum atomic E-state index is -1.20. The fourth-order valence-corrected chi connectivity index (χ4v) is 3.23. The number of alkyl halides is 1. The van der Waals surface area contributed by atoms with Gasteiger partial charge in [0, 0.05) is 20.0 Å². The standard InChI is InChI=1S/C18H23F2N3O3/c1-12(24)21-10-14-11-23(17(25)26-14)13-3-4-16(15(19)9-13)22-7-5-18(2,20)6-8-22/h3-4,9,14H,5-8,10-11H2,1-2H3,(H,21,24). The molecule has 1 aromatic carbocycles. The van der Waals surface area contributed by atoms with Gasteiger partial charge in [-0.25, -0.2) is 13.6 Å². The predicted molar refractivity (Wildman–Crippen MR) is 93.7 cm³/mol. The van der Waals surface area contributed by atoms with Gasteiger partial charge < -0.3 is 15.0 Å². The van der Waals surface area contributed by atoms with E-state index in [2.05, 4.69) is 5.32 Å². The van der Waals surface area contributed by atoms with Crippen molar-refractivity contribution in [3.05, 3.63) is 24.0 Å². The van der Waals surface area contributed by atoms with Crippen molar-refractivity contribution >= 4 is 23.4 Å². The van der Waals surface area contributed by atoms with Gasteiger partial charge in [0.1, 0.15) is 17.6 Å². The van der Waals surface area contributed by atoms with E-state index in [4.69, 9.17) is 4.74 Å². The van der Waals surface area contributed by atoms with E-state index in [1.165, 1.54) is 17.9 Å². The normalized spacial score (nSPS) is 22.3. The van der Waals surface area contributed by atoms with Crippen LogP contribution in [0, 0.1) is 5.82 Å². The average Bonchev–Trinajstić information content (AvgIpc) is 2.94. The average molecular weight is 367 g/mol. The summed E-state index contributed by atoms with van der Waals surface area (Å²) in [5.74, 6) is -0.663. The minimum Gasteiger partial charge on any atom is -0.442 e. The van der Waals surface area contributed by atoms with Crippen LogP contribution in [0.4, 0.5) is 25.0 Å². The van der Waals surface area contributed by atoms with E-state index in [1.807, 2.05) is 4.90 Å². The van der Waals surface area contributed by atoms with E-state index in [9.17, 15) is 18.4 Å². The maximum Gasteiger partial charge on any atom is 0.414 e. The van der Waals surface area contributed by atoms with Crippen LogP contribution in [0.2, 0.25) is 0 Å².